The van der Waals surface area contributed by atoms with Crippen LogP contribution in [0.3, 0.4) is 0 Å². The highest BCUT2D eigenvalue weighted by atomic mass is 19.1. The average molecular weight is 481 g/mol. The number of methoxy groups -OCH3 is 2. The Bertz CT molecular complexity index is 1150. The number of hydrogen-bond donors (Lipinski definition) is 2. The van der Waals surface area contributed by atoms with E-state index in [4.69, 9.17) is 14.2 Å². The fourth-order valence-electron chi connectivity index (χ4n) is 3.45. The van der Waals surface area contributed by atoms with Crippen LogP contribution in [0.2, 0.25) is 0 Å². The lowest BCUT2D eigenvalue weighted by atomic mass is 10.1. The Balaban J connectivity index is 1.61. The SMILES string of the molecule is CC[C@@H](Oc1ccc(F)cc1)C(=O)Nc1ccccc1C(=O)NCCc1ccc(OC)c(OC)c1. The zero-order valence-corrected chi connectivity index (χ0v) is 20.0. The predicted octanol–water partition coefficient (Wildman–Crippen LogP) is 4.61. The normalized spacial score (nSPS) is 11.3. The Morgan fingerprint density at radius 3 is 2.34 bits per heavy atom. The molecule has 2 amide bonds. The van der Waals surface area contributed by atoms with Crippen molar-refractivity contribution in [2.45, 2.75) is 25.9 Å². The van der Waals surface area contributed by atoms with Crippen LogP contribution in [0, 0.1) is 5.82 Å². The van der Waals surface area contributed by atoms with Crippen molar-refractivity contribution in [3.8, 4) is 17.2 Å². The van der Waals surface area contributed by atoms with Crippen LogP contribution >= 0.6 is 0 Å². The van der Waals surface area contributed by atoms with E-state index in [1.807, 2.05) is 18.2 Å². The first kappa shape index (κ1) is 25.6. The van der Waals surface area contributed by atoms with E-state index in [1.54, 1.807) is 45.4 Å². The lowest BCUT2D eigenvalue weighted by Crippen LogP contribution is -2.33. The van der Waals surface area contributed by atoms with Gasteiger partial charge < -0.3 is 24.8 Å². The number of halogens is 1. The summed E-state index contributed by atoms with van der Waals surface area (Å²) in [6.45, 7) is 2.20. The van der Waals surface area contributed by atoms with E-state index >= 15 is 0 Å². The molecule has 0 heterocycles. The van der Waals surface area contributed by atoms with Gasteiger partial charge in [-0.25, -0.2) is 4.39 Å². The molecule has 0 aliphatic rings. The third kappa shape index (κ3) is 6.96. The molecule has 0 saturated heterocycles. The summed E-state index contributed by atoms with van der Waals surface area (Å²) in [6, 6.07) is 17.8. The van der Waals surface area contributed by atoms with Gasteiger partial charge in [0.25, 0.3) is 11.8 Å². The molecule has 3 rings (SSSR count). The van der Waals surface area contributed by atoms with Crippen LogP contribution in [0.4, 0.5) is 10.1 Å². The number of rotatable bonds is 11. The number of benzene rings is 3. The van der Waals surface area contributed by atoms with Crippen LogP contribution in [0.1, 0.15) is 29.3 Å². The fraction of sp³-hybridized carbons (Fsp3) is 0.259. The standard InChI is InChI=1S/C27H29FN2O5/c1-4-23(35-20-12-10-19(28)11-13-20)27(32)30-22-8-6-5-7-21(22)26(31)29-16-15-18-9-14-24(33-2)25(17-18)34-3/h5-14,17,23H,4,15-16H2,1-3H3,(H,29,31)(H,30,32)/t23-/m1/s1. The van der Waals surface area contributed by atoms with E-state index in [9.17, 15) is 14.0 Å². The monoisotopic (exact) mass is 480 g/mol. The lowest BCUT2D eigenvalue weighted by molar-refractivity contribution is -0.122. The molecule has 35 heavy (non-hydrogen) atoms. The highest BCUT2D eigenvalue weighted by Gasteiger charge is 2.21. The topological polar surface area (TPSA) is 85.9 Å². The maximum absolute atomic E-state index is 13.1. The van der Waals surface area contributed by atoms with Crippen molar-refractivity contribution < 1.29 is 28.2 Å². The van der Waals surface area contributed by atoms with Crippen molar-refractivity contribution in [3.05, 3.63) is 83.7 Å². The Morgan fingerprint density at radius 2 is 1.66 bits per heavy atom. The van der Waals surface area contributed by atoms with Crippen LogP contribution in [0.5, 0.6) is 17.2 Å². The molecule has 1 atom stereocenters. The van der Waals surface area contributed by atoms with Crippen molar-refractivity contribution in [3.63, 3.8) is 0 Å². The van der Waals surface area contributed by atoms with Gasteiger partial charge in [0.2, 0.25) is 0 Å². The van der Waals surface area contributed by atoms with Crippen molar-refractivity contribution in [1.29, 1.82) is 0 Å². The summed E-state index contributed by atoms with van der Waals surface area (Å²) in [5.74, 6) is 0.545. The minimum atomic E-state index is -0.804. The molecule has 0 aliphatic heterocycles. The highest BCUT2D eigenvalue weighted by molar-refractivity contribution is 6.04. The van der Waals surface area contributed by atoms with Crippen molar-refractivity contribution in [2.24, 2.45) is 0 Å². The minimum Gasteiger partial charge on any atom is -0.493 e. The molecule has 0 fully saturated rings. The van der Waals surface area contributed by atoms with Gasteiger partial charge in [-0.2, -0.15) is 0 Å². The van der Waals surface area contributed by atoms with E-state index in [-0.39, 0.29) is 11.7 Å². The fourth-order valence-corrected chi connectivity index (χ4v) is 3.45. The number of para-hydroxylation sites is 1. The molecule has 3 aromatic carbocycles. The number of amides is 2. The summed E-state index contributed by atoms with van der Waals surface area (Å²) >= 11 is 0. The number of nitrogens with one attached hydrogen (secondary N) is 2. The first-order chi connectivity index (χ1) is 16.9. The summed E-state index contributed by atoms with van der Waals surface area (Å²) in [4.78, 5) is 25.7. The lowest BCUT2D eigenvalue weighted by Gasteiger charge is -2.18. The third-order valence-corrected chi connectivity index (χ3v) is 5.33. The number of carbonyl (C=O) groups is 2. The zero-order valence-electron chi connectivity index (χ0n) is 20.0. The molecular formula is C27H29FN2O5. The molecule has 3 aromatic rings. The van der Waals surface area contributed by atoms with Crippen LogP contribution in [0.15, 0.2) is 66.7 Å². The predicted molar refractivity (Wildman–Crippen MR) is 132 cm³/mol. The molecule has 0 radical (unpaired) electrons. The van der Waals surface area contributed by atoms with E-state index in [0.29, 0.717) is 47.9 Å². The van der Waals surface area contributed by atoms with Gasteiger partial charge in [-0.15, -0.1) is 0 Å². The van der Waals surface area contributed by atoms with E-state index in [2.05, 4.69) is 10.6 Å². The second-order valence-electron chi connectivity index (χ2n) is 7.70. The van der Waals surface area contributed by atoms with E-state index in [1.165, 1.54) is 24.3 Å². The molecule has 0 spiro atoms. The van der Waals surface area contributed by atoms with E-state index < -0.39 is 12.0 Å². The van der Waals surface area contributed by atoms with Gasteiger partial charge in [0.1, 0.15) is 11.6 Å². The van der Waals surface area contributed by atoms with Crippen molar-refractivity contribution in [1.82, 2.24) is 5.32 Å². The van der Waals surface area contributed by atoms with E-state index in [0.717, 1.165) is 5.56 Å². The number of carbonyl (C=O) groups excluding carboxylic acids is 2. The molecule has 0 aromatic heterocycles. The largest absolute Gasteiger partial charge is 0.493 e. The molecule has 0 bridgehead atoms. The third-order valence-electron chi connectivity index (χ3n) is 5.33. The Hall–Kier alpha value is -4.07. The maximum atomic E-state index is 13.1. The summed E-state index contributed by atoms with van der Waals surface area (Å²) in [5.41, 5.74) is 1.69. The van der Waals surface area contributed by atoms with Gasteiger partial charge in [-0.05, 0) is 66.9 Å². The van der Waals surface area contributed by atoms with Crippen LogP contribution in [-0.4, -0.2) is 38.7 Å². The smallest absolute Gasteiger partial charge is 0.265 e. The summed E-state index contributed by atoms with van der Waals surface area (Å²) in [6.07, 6.45) is 0.175. The summed E-state index contributed by atoms with van der Waals surface area (Å²) < 4.78 is 29.4. The molecule has 8 heteroatoms. The van der Waals surface area contributed by atoms with Crippen LogP contribution < -0.4 is 24.8 Å². The highest BCUT2D eigenvalue weighted by Crippen LogP contribution is 2.27. The Morgan fingerprint density at radius 1 is 0.943 bits per heavy atom. The Labute approximate surface area is 204 Å². The number of hydrogen-bond acceptors (Lipinski definition) is 5. The van der Waals surface area contributed by atoms with Gasteiger partial charge in [0.15, 0.2) is 17.6 Å². The molecule has 7 nitrogen and oxygen atoms in total. The molecule has 184 valence electrons. The minimum absolute atomic E-state index is 0.311. The Kier molecular flexibility index (Phi) is 9.06. The van der Waals surface area contributed by atoms with Crippen LogP contribution in [-0.2, 0) is 11.2 Å². The molecular weight excluding hydrogens is 451 g/mol. The first-order valence-electron chi connectivity index (χ1n) is 11.3. The van der Waals surface area contributed by atoms with Crippen molar-refractivity contribution in [2.75, 3.05) is 26.1 Å². The van der Waals surface area contributed by atoms with Crippen LogP contribution in [0.25, 0.3) is 0 Å². The van der Waals surface area contributed by atoms with Gasteiger partial charge in [0, 0.05) is 6.54 Å². The first-order valence-corrected chi connectivity index (χ1v) is 11.3. The zero-order chi connectivity index (χ0) is 25.2. The average Bonchev–Trinajstić information content (AvgIpc) is 2.88. The molecule has 0 unspecified atom stereocenters. The van der Waals surface area contributed by atoms with Gasteiger partial charge in [-0.1, -0.05) is 25.1 Å². The molecule has 2 N–H and O–H groups in total. The molecule has 0 saturated carbocycles. The number of anilines is 1. The second-order valence-corrected chi connectivity index (χ2v) is 7.70. The summed E-state index contributed by atoms with van der Waals surface area (Å²) in [5, 5.41) is 5.67. The summed E-state index contributed by atoms with van der Waals surface area (Å²) in [7, 11) is 3.15. The van der Waals surface area contributed by atoms with Gasteiger partial charge in [0.05, 0.1) is 25.5 Å². The maximum Gasteiger partial charge on any atom is 0.265 e. The number of ether oxygens (including phenoxy) is 3. The van der Waals surface area contributed by atoms with Gasteiger partial charge in [-0.3, -0.25) is 9.59 Å². The second kappa shape index (κ2) is 12.4. The van der Waals surface area contributed by atoms with Gasteiger partial charge >= 0.3 is 0 Å². The van der Waals surface area contributed by atoms with Crippen molar-refractivity contribution >= 4 is 17.5 Å². The molecule has 0 aliphatic carbocycles. The quantitative estimate of drug-likeness (QED) is 0.419.